The van der Waals surface area contributed by atoms with Gasteiger partial charge in [-0.15, -0.1) is 11.8 Å². The third-order valence-electron chi connectivity index (χ3n) is 1.89. The largest absolute Gasteiger partial charge is 0.496 e. The number of hydrogen-bond donors (Lipinski definition) is 1. The third-order valence-corrected chi connectivity index (χ3v) is 3.04. The number of rotatable bonds is 6. The summed E-state index contributed by atoms with van der Waals surface area (Å²) < 4.78 is 5.21. The van der Waals surface area contributed by atoms with E-state index >= 15 is 0 Å². The maximum Gasteiger partial charge on any atom is 0.217 e. The van der Waals surface area contributed by atoms with E-state index in [1.807, 2.05) is 24.3 Å². The van der Waals surface area contributed by atoms with E-state index in [0.29, 0.717) is 6.42 Å². The molecule has 0 radical (unpaired) electrons. The molecule has 0 aliphatic rings. The number of benzene rings is 1. The number of carbonyl (C=O) groups is 1. The maximum atomic E-state index is 10.5. The summed E-state index contributed by atoms with van der Waals surface area (Å²) in [5.41, 5.74) is 5.06. The van der Waals surface area contributed by atoms with Crippen molar-refractivity contribution in [2.45, 2.75) is 17.7 Å². The van der Waals surface area contributed by atoms with Crippen LogP contribution in [0.25, 0.3) is 0 Å². The van der Waals surface area contributed by atoms with Gasteiger partial charge in [0.1, 0.15) is 5.75 Å². The molecule has 0 saturated heterocycles. The van der Waals surface area contributed by atoms with E-state index in [2.05, 4.69) is 0 Å². The highest BCUT2D eigenvalue weighted by Crippen LogP contribution is 2.29. The standard InChI is InChI=1S/C11H15NO2S/c1-14-9-5-2-3-6-10(9)15-8-4-7-11(12)13/h2-3,5-6H,4,7-8H2,1H3,(H2,12,13). The summed E-state index contributed by atoms with van der Waals surface area (Å²) >= 11 is 1.68. The number of hydrogen-bond acceptors (Lipinski definition) is 3. The molecule has 0 spiro atoms. The highest BCUT2D eigenvalue weighted by atomic mass is 32.2. The first-order valence-electron chi connectivity index (χ1n) is 4.78. The Morgan fingerprint density at radius 2 is 2.20 bits per heavy atom. The fraction of sp³-hybridized carbons (Fsp3) is 0.364. The van der Waals surface area contributed by atoms with Crippen molar-refractivity contribution in [1.29, 1.82) is 0 Å². The second-order valence-electron chi connectivity index (χ2n) is 3.07. The van der Waals surface area contributed by atoms with Crippen LogP contribution in [-0.4, -0.2) is 18.8 Å². The van der Waals surface area contributed by atoms with Crippen molar-refractivity contribution < 1.29 is 9.53 Å². The smallest absolute Gasteiger partial charge is 0.217 e. The van der Waals surface area contributed by atoms with Crippen molar-refractivity contribution in [3.63, 3.8) is 0 Å². The molecular formula is C11H15NO2S. The van der Waals surface area contributed by atoms with Crippen LogP contribution >= 0.6 is 11.8 Å². The number of thioether (sulfide) groups is 1. The average Bonchev–Trinajstić information content (AvgIpc) is 2.24. The second kappa shape index (κ2) is 6.35. The Hall–Kier alpha value is -1.16. The quantitative estimate of drug-likeness (QED) is 0.595. The van der Waals surface area contributed by atoms with Crippen LogP contribution in [0.1, 0.15) is 12.8 Å². The topological polar surface area (TPSA) is 52.3 Å². The molecule has 0 saturated carbocycles. The van der Waals surface area contributed by atoms with Crippen LogP contribution in [0.3, 0.4) is 0 Å². The van der Waals surface area contributed by atoms with Gasteiger partial charge in [0.2, 0.25) is 5.91 Å². The minimum atomic E-state index is -0.240. The number of para-hydroxylation sites is 1. The molecule has 0 aliphatic carbocycles. The Labute approximate surface area is 94.0 Å². The Morgan fingerprint density at radius 1 is 1.47 bits per heavy atom. The van der Waals surface area contributed by atoms with Crippen molar-refractivity contribution in [2.75, 3.05) is 12.9 Å². The monoisotopic (exact) mass is 225 g/mol. The fourth-order valence-corrected chi connectivity index (χ4v) is 2.14. The van der Waals surface area contributed by atoms with Gasteiger partial charge >= 0.3 is 0 Å². The lowest BCUT2D eigenvalue weighted by atomic mass is 10.3. The Balaban J connectivity index is 2.39. The zero-order valence-electron chi connectivity index (χ0n) is 8.73. The van der Waals surface area contributed by atoms with Gasteiger partial charge in [-0.1, -0.05) is 12.1 Å². The van der Waals surface area contributed by atoms with E-state index in [1.54, 1.807) is 18.9 Å². The van der Waals surface area contributed by atoms with Gasteiger partial charge in [-0.25, -0.2) is 0 Å². The van der Waals surface area contributed by atoms with Crippen LogP contribution in [0.4, 0.5) is 0 Å². The number of carbonyl (C=O) groups excluding carboxylic acids is 1. The first-order chi connectivity index (χ1) is 7.24. The van der Waals surface area contributed by atoms with Crippen LogP contribution in [0, 0.1) is 0 Å². The molecule has 0 aliphatic heterocycles. The third kappa shape index (κ3) is 4.25. The van der Waals surface area contributed by atoms with Crippen LogP contribution < -0.4 is 10.5 Å². The van der Waals surface area contributed by atoms with E-state index in [0.717, 1.165) is 22.8 Å². The van der Waals surface area contributed by atoms with Crippen LogP contribution in [-0.2, 0) is 4.79 Å². The van der Waals surface area contributed by atoms with Crippen molar-refractivity contribution in [1.82, 2.24) is 0 Å². The molecular weight excluding hydrogens is 210 g/mol. The van der Waals surface area contributed by atoms with Crippen molar-refractivity contribution in [2.24, 2.45) is 5.73 Å². The summed E-state index contributed by atoms with van der Waals surface area (Å²) in [6.45, 7) is 0. The SMILES string of the molecule is COc1ccccc1SCCCC(N)=O. The van der Waals surface area contributed by atoms with Crippen molar-refractivity contribution in [3.8, 4) is 5.75 Å². The molecule has 1 amide bonds. The van der Waals surface area contributed by atoms with Crippen LogP contribution in [0.15, 0.2) is 29.2 Å². The van der Waals surface area contributed by atoms with Crippen LogP contribution in [0.2, 0.25) is 0 Å². The van der Waals surface area contributed by atoms with E-state index < -0.39 is 0 Å². The molecule has 1 aromatic carbocycles. The van der Waals surface area contributed by atoms with E-state index in [-0.39, 0.29) is 5.91 Å². The lowest BCUT2D eigenvalue weighted by Gasteiger charge is -2.06. The fourth-order valence-electron chi connectivity index (χ4n) is 1.17. The lowest BCUT2D eigenvalue weighted by molar-refractivity contribution is -0.118. The molecule has 0 unspecified atom stereocenters. The zero-order chi connectivity index (χ0) is 11.1. The van der Waals surface area contributed by atoms with Gasteiger partial charge in [-0.3, -0.25) is 4.79 Å². The Morgan fingerprint density at radius 3 is 2.87 bits per heavy atom. The molecule has 2 N–H and O–H groups in total. The number of methoxy groups -OCH3 is 1. The molecule has 15 heavy (non-hydrogen) atoms. The highest BCUT2D eigenvalue weighted by molar-refractivity contribution is 7.99. The summed E-state index contributed by atoms with van der Waals surface area (Å²) in [5.74, 6) is 1.51. The molecule has 1 rings (SSSR count). The number of ether oxygens (including phenoxy) is 1. The minimum absolute atomic E-state index is 0.240. The number of amides is 1. The summed E-state index contributed by atoms with van der Waals surface area (Å²) in [7, 11) is 1.66. The Bertz CT molecular complexity index is 328. The van der Waals surface area contributed by atoms with Gasteiger partial charge in [-0.05, 0) is 24.3 Å². The maximum absolute atomic E-state index is 10.5. The van der Waals surface area contributed by atoms with E-state index in [1.165, 1.54) is 0 Å². The molecule has 3 nitrogen and oxygen atoms in total. The second-order valence-corrected chi connectivity index (χ2v) is 4.21. The first kappa shape index (κ1) is 11.9. The molecule has 4 heteroatoms. The van der Waals surface area contributed by atoms with Gasteiger partial charge in [0.15, 0.2) is 0 Å². The van der Waals surface area contributed by atoms with Gasteiger partial charge in [-0.2, -0.15) is 0 Å². The molecule has 0 bridgehead atoms. The van der Waals surface area contributed by atoms with Crippen molar-refractivity contribution >= 4 is 17.7 Å². The highest BCUT2D eigenvalue weighted by Gasteiger charge is 2.02. The molecule has 1 aromatic rings. The van der Waals surface area contributed by atoms with E-state index in [9.17, 15) is 4.79 Å². The lowest BCUT2D eigenvalue weighted by Crippen LogP contribution is -2.09. The summed E-state index contributed by atoms with van der Waals surface area (Å²) in [4.78, 5) is 11.6. The summed E-state index contributed by atoms with van der Waals surface area (Å²) in [6, 6.07) is 7.84. The molecule has 0 fully saturated rings. The number of primary amides is 1. The van der Waals surface area contributed by atoms with Gasteiger partial charge in [0.05, 0.1) is 7.11 Å². The normalized spacial score (nSPS) is 9.93. The predicted molar refractivity (Wildman–Crippen MR) is 62.1 cm³/mol. The van der Waals surface area contributed by atoms with Gasteiger partial charge < -0.3 is 10.5 Å². The zero-order valence-corrected chi connectivity index (χ0v) is 9.55. The molecule has 0 heterocycles. The summed E-state index contributed by atoms with van der Waals surface area (Å²) in [5, 5.41) is 0. The predicted octanol–water partition coefficient (Wildman–Crippen LogP) is 2.05. The van der Waals surface area contributed by atoms with E-state index in [4.69, 9.17) is 10.5 Å². The Kier molecular flexibility index (Phi) is 5.04. The van der Waals surface area contributed by atoms with Gasteiger partial charge in [0, 0.05) is 11.3 Å². The number of nitrogens with two attached hydrogens (primary N) is 1. The van der Waals surface area contributed by atoms with Gasteiger partial charge in [0.25, 0.3) is 0 Å². The molecule has 0 atom stereocenters. The summed E-state index contributed by atoms with van der Waals surface area (Å²) in [6.07, 6.45) is 1.25. The molecule has 82 valence electrons. The first-order valence-corrected chi connectivity index (χ1v) is 5.76. The average molecular weight is 225 g/mol. The minimum Gasteiger partial charge on any atom is -0.496 e. The van der Waals surface area contributed by atoms with Crippen LogP contribution in [0.5, 0.6) is 5.75 Å². The van der Waals surface area contributed by atoms with Crippen molar-refractivity contribution in [3.05, 3.63) is 24.3 Å². The molecule has 0 aromatic heterocycles.